The van der Waals surface area contributed by atoms with Crippen LogP contribution in [0, 0.1) is 5.82 Å². The Morgan fingerprint density at radius 1 is 1.54 bits per heavy atom. The predicted molar refractivity (Wildman–Crippen MR) is 43.1 cm³/mol. The van der Waals surface area contributed by atoms with Crippen molar-refractivity contribution in [3.8, 4) is 0 Å². The summed E-state index contributed by atoms with van der Waals surface area (Å²) in [7, 11) is 0. The van der Waals surface area contributed by atoms with E-state index in [1.54, 1.807) is 0 Å². The Labute approximate surface area is 77.5 Å². The lowest BCUT2D eigenvalue weighted by Crippen LogP contribution is -2.03. The highest BCUT2D eigenvalue weighted by Crippen LogP contribution is 2.24. The van der Waals surface area contributed by atoms with Crippen LogP contribution in [0.3, 0.4) is 0 Å². The van der Waals surface area contributed by atoms with E-state index in [1.165, 1.54) is 0 Å². The Morgan fingerprint density at radius 2 is 2.15 bits per heavy atom. The van der Waals surface area contributed by atoms with Gasteiger partial charge in [-0.15, -0.1) is 11.6 Å². The molecule has 1 aromatic heterocycles. The summed E-state index contributed by atoms with van der Waals surface area (Å²) in [4.78, 5) is 3.31. The minimum atomic E-state index is -2.98. The number of rotatable bonds is 2. The molecule has 0 bridgehead atoms. The SMILES string of the molecule is Nc1cc(CCl)nc(C(F)F)c1F. The molecule has 13 heavy (non-hydrogen) atoms. The first-order valence-corrected chi connectivity index (χ1v) is 3.88. The molecular formula is C7H6ClF3N2. The Balaban J connectivity index is 3.25. The van der Waals surface area contributed by atoms with Crippen LogP contribution in [0.1, 0.15) is 17.8 Å². The molecule has 1 heterocycles. The molecule has 0 spiro atoms. The molecule has 0 fully saturated rings. The fourth-order valence-electron chi connectivity index (χ4n) is 0.840. The second-order valence-electron chi connectivity index (χ2n) is 2.34. The normalized spacial score (nSPS) is 10.8. The standard InChI is InChI=1S/C7H6ClF3N2/c8-2-3-1-4(12)5(9)6(13-3)7(10)11/h1,7H,2H2,(H2,12,13). The number of alkyl halides is 3. The van der Waals surface area contributed by atoms with Gasteiger partial charge in [0.15, 0.2) is 5.82 Å². The number of pyridine rings is 1. The summed E-state index contributed by atoms with van der Waals surface area (Å²) < 4.78 is 37.1. The second-order valence-corrected chi connectivity index (χ2v) is 2.60. The van der Waals surface area contributed by atoms with Crippen LogP contribution in [0.15, 0.2) is 6.07 Å². The van der Waals surface area contributed by atoms with E-state index in [-0.39, 0.29) is 17.3 Å². The Hall–Kier alpha value is -0.970. The smallest absolute Gasteiger partial charge is 0.283 e. The highest BCUT2D eigenvalue weighted by molar-refractivity contribution is 6.16. The second kappa shape index (κ2) is 3.83. The van der Waals surface area contributed by atoms with E-state index in [1.807, 2.05) is 0 Å². The number of halogens is 4. The molecule has 0 aromatic carbocycles. The van der Waals surface area contributed by atoms with Gasteiger partial charge in [0.05, 0.1) is 17.3 Å². The van der Waals surface area contributed by atoms with Gasteiger partial charge in [-0.25, -0.2) is 18.2 Å². The summed E-state index contributed by atoms with van der Waals surface area (Å²) in [6.45, 7) is 0. The third kappa shape index (κ3) is 2.03. The van der Waals surface area contributed by atoms with Crippen molar-refractivity contribution in [3.05, 3.63) is 23.3 Å². The van der Waals surface area contributed by atoms with E-state index in [0.717, 1.165) is 6.07 Å². The molecule has 2 nitrogen and oxygen atoms in total. The summed E-state index contributed by atoms with van der Waals surface area (Å²) in [5.74, 6) is -1.26. The monoisotopic (exact) mass is 210 g/mol. The fraction of sp³-hybridized carbons (Fsp3) is 0.286. The number of anilines is 1. The molecule has 0 aliphatic rings. The first-order chi connectivity index (χ1) is 6.06. The van der Waals surface area contributed by atoms with Crippen molar-refractivity contribution in [2.75, 3.05) is 5.73 Å². The van der Waals surface area contributed by atoms with Crippen LogP contribution in [0.2, 0.25) is 0 Å². The molecule has 72 valence electrons. The molecule has 1 aromatic rings. The van der Waals surface area contributed by atoms with Crippen LogP contribution in [0.5, 0.6) is 0 Å². The minimum Gasteiger partial charge on any atom is -0.396 e. The van der Waals surface area contributed by atoms with E-state index in [9.17, 15) is 13.2 Å². The molecule has 0 saturated heterocycles. The summed E-state index contributed by atoms with van der Waals surface area (Å²) in [6, 6.07) is 1.13. The lowest BCUT2D eigenvalue weighted by atomic mass is 10.2. The van der Waals surface area contributed by atoms with E-state index in [0.29, 0.717) is 0 Å². The van der Waals surface area contributed by atoms with Gasteiger partial charge < -0.3 is 5.73 Å². The summed E-state index contributed by atoms with van der Waals surface area (Å²) in [5.41, 5.74) is 3.95. The number of nitrogens with two attached hydrogens (primary N) is 1. The molecule has 0 aliphatic carbocycles. The van der Waals surface area contributed by atoms with Crippen molar-refractivity contribution in [2.24, 2.45) is 0 Å². The zero-order valence-electron chi connectivity index (χ0n) is 6.40. The molecule has 6 heteroatoms. The average Bonchev–Trinajstić information content (AvgIpc) is 2.09. The van der Waals surface area contributed by atoms with Gasteiger partial charge in [0.25, 0.3) is 6.43 Å². The van der Waals surface area contributed by atoms with Gasteiger partial charge in [0, 0.05) is 0 Å². The van der Waals surface area contributed by atoms with E-state index in [2.05, 4.69) is 4.98 Å². The third-order valence-electron chi connectivity index (χ3n) is 1.41. The number of nitrogen functional groups attached to an aromatic ring is 1. The van der Waals surface area contributed by atoms with Crippen LogP contribution in [-0.4, -0.2) is 4.98 Å². The number of hydrogen-bond acceptors (Lipinski definition) is 2. The van der Waals surface area contributed by atoms with Gasteiger partial charge in [0.2, 0.25) is 0 Å². The minimum absolute atomic E-state index is 0.0792. The quantitative estimate of drug-likeness (QED) is 0.762. The van der Waals surface area contributed by atoms with E-state index >= 15 is 0 Å². The van der Waals surface area contributed by atoms with Crippen molar-refractivity contribution in [3.63, 3.8) is 0 Å². The first kappa shape index (κ1) is 10.1. The highest BCUT2D eigenvalue weighted by Gasteiger charge is 2.18. The van der Waals surface area contributed by atoms with Crippen LogP contribution >= 0.6 is 11.6 Å². The van der Waals surface area contributed by atoms with Crippen molar-refractivity contribution in [1.82, 2.24) is 4.98 Å². The topological polar surface area (TPSA) is 38.9 Å². The van der Waals surface area contributed by atoms with Crippen LogP contribution in [-0.2, 0) is 5.88 Å². The zero-order chi connectivity index (χ0) is 10.0. The van der Waals surface area contributed by atoms with Gasteiger partial charge in [-0.05, 0) is 6.07 Å². The van der Waals surface area contributed by atoms with Crippen molar-refractivity contribution in [2.45, 2.75) is 12.3 Å². The molecule has 0 aliphatic heterocycles. The number of hydrogen-bond donors (Lipinski definition) is 1. The van der Waals surface area contributed by atoms with E-state index in [4.69, 9.17) is 17.3 Å². The molecule has 0 radical (unpaired) electrons. The number of aromatic nitrogens is 1. The zero-order valence-corrected chi connectivity index (χ0v) is 7.15. The van der Waals surface area contributed by atoms with Crippen molar-refractivity contribution < 1.29 is 13.2 Å². The van der Waals surface area contributed by atoms with Gasteiger partial charge in [-0.2, -0.15) is 0 Å². The molecular weight excluding hydrogens is 205 g/mol. The molecule has 0 saturated carbocycles. The maximum atomic E-state index is 12.9. The maximum Gasteiger partial charge on any atom is 0.283 e. The largest absolute Gasteiger partial charge is 0.396 e. The molecule has 1 rings (SSSR count). The van der Waals surface area contributed by atoms with Crippen LogP contribution < -0.4 is 5.73 Å². The fourth-order valence-corrected chi connectivity index (χ4v) is 0.977. The van der Waals surface area contributed by atoms with Crippen molar-refractivity contribution >= 4 is 17.3 Å². The predicted octanol–water partition coefficient (Wildman–Crippen LogP) is 2.48. The Morgan fingerprint density at radius 3 is 2.62 bits per heavy atom. The Bertz CT molecular complexity index is 317. The lowest BCUT2D eigenvalue weighted by Gasteiger charge is -2.05. The molecule has 2 N–H and O–H groups in total. The van der Waals surface area contributed by atoms with Gasteiger partial charge in [-0.1, -0.05) is 0 Å². The van der Waals surface area contributed by atoms with E-state index < -0.39 is 17.9 Å². The van der Waals surface area contributed by atoms with Crippen LogP contribution in [0.4, 0.5) is 18.9 Å². The molecule has 0 unspecified atom stereocenters. The first-order valence-electron chi connectivity index (χ1n) is 3.35. The van der Waals surface area contributed by atoms with Crippen molar-refractivity contribution in [1.29, 1.82) is 0 Å². The van der Waals surface area contributed by atoms with Crippen LogP contribution in [0.25, 0.3) is 0 Å². The summed E-state index contributed by atoms with van der Waals surface area (Å²) >= 11 is 5.34. The average molecular weight is 211 g/mol. The maximum absolute atomic E-state index is 12.9. The van der Waals surface area contributed by atoms with Gasteiger partial charge in [-0.3, -0.25) is 0 Å². The summed E-state index contributed by atoms with van der Waals surface area (Å²) in [5, 5.41) is 0. The highest BCUT2D eigenvalue weighted by atomic mass is 35.5. The lowest BCUT2D eigenvalue weighted by molar-refractivity contribution is 0.140. The van der Waals surface area contributed by atoms with Gasteiger partial charge >= 0.3 is 0 Å². The Kier molecular flexibility index (Phi) is 2.98. The molecule has 0 amide bonds. The molecule has 0 atom stereocenters. The van der Waals surface area contributed by atoms with Gasteiger partial charge in [0.1, 0.15) is 5.69 Å². The third-order valence-corrected chi connectivity index (χ3v) is 1.68. The number of nitrogens with zero attached hydrogens (tertiary/aromatic N) is 1. The summed E-state index contributed by atoms with van der Waals surface area (Å²) in [6.07, 6.45) is -2.98.